The zero-order valence-corrected chi connectivity index (χ0v) is 15.3. The summed E-state index contributed by atoms with van der Waals surface area (Å²) in [6.07, 6.45) is 0. The quantitative estimate of drug-likeness (QED) is 0.536. The Hall–Kier alpha value is -0.510. The maximum atomic E-state index is 5.96. The second-order valence-corrected chi connectivity index (χ2v) is 6.66. The number of anilines is 1. The van der Waals surface area contributed by atoms with Gasteiger partial charge >= 0.3 is 0 Å². The molecule has 0 radical (unpaired) electrons. The van der Waals surface area contributed by atoms with Crippen molar-refractivity contribution in [3.63, 3.8) is 0 Å². The van der Waals surface area contributed by atoms with Crippen LogP contribution < -0.4 is 4.90 Å². The standard InChI is InChI=1S/C16H16Br2ClN/c1-11(12-4-7-15(19)8-5-12)20(2)16-9-14(18)6-3-13(16)10-17/h3-9,11H,10H2,1-2H3. The van der Waals surface area contributed by atoms with Gasteiger partial charge in [0.05, 0.1) is 6.04 Å². The molecule has 0 bridgehead atoms. The topological polar surface area (TPSA) is 3.24 Å². The number of rotatable bonds is 4. The Bertz CT molecular complexity index is 584. The van der Waals surface area contributed by atoms with E-state index >= 15 is 0 Å². The molecule has 1 nitrogen and oxygen atoms in total. The van der Waals surface area contributed by atoms with Gasteiger partial charge in [0.2, 0.25) is 0 Å². The van der Waals surface area contributed by atoms with Crippen LogP contribution in [0.5, 0.6) is 0 Å². The van der Waals surface area contributed by atoms with Gasteiger partial charge in [0.25, 0.3) is 0 Å². The van der Waals surface area contributed by atoms with Gasteiger partial charge in [0.1, 0.15) is 0 Å². The fraction of sp³-hybridized carbons (Fsp3) is 0.250. The summed E-state index contributed by atoms with van der Waals surface area (Å²) in [6, 6.07) is 14.7. The van der Waals surface area contributed by atoms with Crippen LogP contribution in [0.1, 0.15) is 24.1 Å². The fourth-order valence-corrected chi connectivity index (χ4v) is 3.10. The Kier molecular flexibility index (Phi) is 5.53. The van der Waals surface area contributed by atoms with Crippen molar-refractivity contribution in [1.29, 1.82) is 0 Å². The van der Waals surface area contributed by atoms with Crippen molar-refractivity contribution in [2.75, 3.05) is 11.9 Å². The Labute approximate surface area is 142 Å². The van der Waals surface area contributed by atoms with Crippen LogP contribution in [-0.2, 0) is 5.33 Å². The SMILES string of the molecule is CC(c1ccc(Cl)cc1)N(C)c1cc(Br)ccc1CBr. The first-order valence-electron chi connectivity index (χ1n) is 6.35. The Morgan fingerprint density at radius 2 is 1.80 bits per heavy atom. The van der Waals surface area contributed by atoms with Gasteiger partial charge in [-0.05, 0) is 42.3 Å². The van der Waals surface area contributed by atoms with Crippen molar-refractivity contribution < 1.29 is 0 Å². The molecule has 106 valence electrons. The Morgan fingerprint density at radius 3 is 2.40 bits per heavy atom. The average Bonchev–Trinajstić information content (AvgIpc) is 2.46. The first-order chi connectivity index (χ1) is 9.52. The number of benzene rings is 2. The number of hydrogen-bond acceptors (Lipinski definition) is 1. The normalized spacial score (nSPS) is 12.2. The van der Waals surface area contributed by atoms with Crippen molar-refractivity contribution in [2.45, 2.75) is 18.3 Å². The summed E-state index contributed by atoms with van der Waals surface area (Å²) >= 11 is 13.1. The highest BCUT2D eigenvalue weighted by Gasteiger charge is 2.15. The molecule has 0 fully saturated rings. The van der Waals surface area contributed by atoms with E-state index in [4.69, 9.17) is 11.6 Å². The van der Waals surface area contributed by atoms with Crippen LogP contribution >= 0.6 is 43.5 Å². The maximum absolute atomic E-state index is 5.96. The molecular formula is C16H16Br2ClN. The van der Waals surface area contributed by atoms with Crippen molar-refractivity contribution >= 4 is 49.1 Å². The molecule has 20 heavy (non-hydrogen) atoms. The monoisotopic (exact) mass is 415 g/mol. The molecule has 0 aliphatic heterocycles. The number of halogens is 3. The molecule has 2 aromatic carbocycles. The van der Waals surface area contributed by atoms with Crippen LogP contribution in [0.2, 0.25) is 5.02 Å². The van der Waals surface area contributed by atoms with Gasteiger partial charge < -0.3 is 4.90 Å². The number of hydrogen-bond donors (Lipinski definition) is 0. The molecule has 1 atom stereocenters. The van der Waals surface area contributed by atoms with Gasteiger partial charge in [-0.3, -0.25) is 0 Å². The first kappa shape index (κ1) is 15.9. The van der Waals surface area contributed by atoms with E-state index in [9.17, 15) is 0 Å². The lowest BCUT2D eigenvalue weighted by molar-refractivity contribution is 0.737. The Balaban J connectivity index is 2.32. The Morgan fingerprint density at radius 1 is 1.15 bits per heavy atom. The van der Waals surface area contributed by atoms with Crippen molar-refractivity contribution in [3.05, 3.63) is 63.1 Å². The second kappa shape index (κ2) is 6.97. The van der Waals surface area contributed by atoms with Crippen molar-refractivity contribution in [1.82, 2.24) is 0 Å². The van der Waals surface area contributed by atoms with Crippen LogP contribution in [0.15, 0.2) is 46.9 Å². The fourth-order valence-electron chi connectivity index (χ4n) is 2.15. The van der Waals surface area contributed by atoms with Gasteiger partial charge in [-0.25, -0.2) is 0 Å². The lowest BCUT2D eigenvalue weighted by Crippen LogP contribution is -2.22. The van der Waals surface area contributed by atoms with Crippen molar-refractivity contribution in [2.24, 2.45) is 0 Å². The molecule has 2 rings (SSSR count). The van der Waals surface area contributed by atoms with Crippen LogP contribution in [0.25, 0.3) is 0 Å². The third-order valence-corrected chi connectivity index (χ3v) is 4.85. The van der Waals surface area contributed by atoms with Crippen LogP contribution in [0.3, 0.4) is 0 Å². The number of alkyl halides is 1. The highest BCUT2D eigenvalue weighted by atomic mass is 79.9. The summed E-state index contributed by atoms with van der Waals surface area (Å²) in [5.41, 5.74) is 3.74. The second-order valence-electron chi connectivity index (χ2n) is 4.75. The first-order valence-corrected chi connectivity index (χ1v) is 8.65. The minimum Gasteiger partial charge on any atom is -0.368 e. The van der Waals surface area contributed by atoms with E-state index < -0.39 is 0 Å². The molecule has 0 aromatic heterocycles. The highest BCUT2D eigenvalue weighted by molar-refractivity contribution is 9.10. The molecule has 0 spiro atoms. The maximum Gasteiger partial charge on any atom is 0.0511 e. The van der Waals surface area contributed by atoms with Gasteiger partial charge in [-0.15, -0.1) is 0 Å². The van der Waals surface area contributed by atoms with Crippen LogP contribution in [0.4, 0.5) is 5.69 Å². The van der Waals surface area contributed by atoms with E-state index in [2.05, 4.69) is 81.1 Å². The number of nitrogens with zero attached hydrogens (tertiary/aromatic N) is 1. The van der Waals surface area contributed by atoms with E-state index in [1.807, 2.05) is 12.1 Å². The largest absolute Gasteiger partial charge is 0.368 e. The van der Waals surface area contributed by atoms with E-state index in [0.717, 1.165) is 14.8 Å². The lowest BCUT2D eigenvalue weighted by atomic mass is 10.1. The highest BCUT2D eigenvalue weighted by Crippen LogP contribution is 2.32. The summed E-state index contributed by atoms with van der Waals surface area (Å²) in [5, 5.41) is 1.61. The van der Waals surface area contributed by atoms with Crippen LogP contribution in [-0.4, -0.2) is 7.05 Å². The third-order valence-electron chi connectivity index (χ3n) is 3.50. The summed E-state index contributed by atoms with van der Waals surface area (Å²) in [4.78, 5) is 2.28. The van der Waals surface area contributed by atoms with Gasteiger partial charge in [-0.1, -0.05) is 61.7 Å². The molecule has 0 heterocycles. The predicted octanol–water partition coefficient (Wildman–Crippen LogP) is 6.19. The van der Waals surface area contributed by atoms with Crippen LogP contribution in [0, 0.1) is 0 Å². The van der Waals surface area contributed by atoms with E-state index in [1.165, 1.54) is 16.8 Å². The molecule has 0 saturated heterocycles. The smallest absolute Gasteiger partial charge is 0.0511 e. The van der Waals surface area contributed by atoms with E-state index in [0.29, 0.717) is 0 Å². The molecule has 0 aliphatic carbocycles. The van der Waals surface area contributed by atoms with Gasteiger partial charge in [0.15, 0.2) is 0 Å². The third kappa shape index (κ3) is 3.57. The molecule has 0 N–H and O–H groups in total. The summed E-state index contributed by atoms with van der Waals surface area (Å²) < 4.78 is 1.09. The van der Waals surface area contributed by atoms with Gasteiger partial charge in [0, 0.05) is 27.6 Å². The molecule has 0 saturated carbocycles. The molecule has 0 amide bonds. The lowest BCUT2D eigenvalue weighted by Gasteiger charge is -2.29. The molecule has 2 aromatic rings. The zero-order chi connectivity index (χ0) is 14.7. The molecular weight excluding hydrogens is 401 g/mol. The minimum absolute atomic E-state index is 0.277. The summed E-state index contributed by atoms with van der Waals surface area (Å²) in [6.45, 7) is 2.20. The predicted molar refractivity (Wildman–Crippen MR) is 95.0 cm³/mol. The van der Waals surface area contributed by atoms with Gasteiger partial charge in [-0.2, -0.15) is 0 Å². The summed E-state index contributed by atoms with van der Waals surface area (Å²) in [7, 11) is 2.12. The zero-order valence-electron chi connectivity index (χ0n) is 11.4. The molecule has 1 unspecified atom stereocenters. The van der Waals surface area contributed by atoms with E-state index in [-0.39, 0.29) is 6.04 Å². The van der Waals surface area contributed by atoms with Crippen molar-refractivity contribution in [3.8, 4) is 0 Å². The van der Waals surface area contributed by atoms with E-state index in [1.54, 1.807) is 0 Å². The molecule has 0 aliphatic rings. The molecule has 4 heteroatoms. The average molecular weight is 418 g/mol. The minimum atomic E-state index is 0.277. The summed E-state index contributed by atoms with van der Waals surface area (Å²) in [5.74, 6) is 0.